The molecule has 0 fully saturated rings. The number of nitrogens with zero attached hydrogens (tertiary/aromatic N) is 1. The summed E-state index contributed by atoms with van der Waals surface area (Å²) in [6.45, 7) is 1.81. The third kappa shape index (κ3) is 6.68. The van der Waals surface area contributed by atoms with E-state index in [1.807, 2.05) is 19.1 Å². The van der Waals surface area contributed by atoms with Crippen molar-refractivity contribution in [3.05, 3.63) is 87.9 Å². The lowest BCUT2D eigenvalue weighted by Crippen LogP contribution is -2.20. The van der Waals surface area contributed by atoms with Gasteiger partial charge in [0.25, 0.3) is 11.8 Å². The van der Waals surface area contributed by atoms with E-state index in [1.165, 1.54) is 6.21 Å². The fourth-order valence-corrected chi connectivity index (χ4v) is 3.18. The van der Waals surface area contributed by atoms with Gasteiger partial charge in [0, 0.05) is 11.3 Å². The highest BCUT2D eigenvalue weighted by molar-refractivity contribution is 9.10. The topological polar surface area (TPSA) is 89.0 Å². The molecule has 32 heavy (non-hydrogen) atoms. The molecule has 164 valence electrons. The highest BCUT2D eigenvalue weighted by Gasteiger charge is 2.08. The van der Waals surface area contributed by atoms with Gasteiger partial charge in [0.15, 0.2) is 6.61 Å². The van der Waals surface area contributed by atoms with Gasteiger partial charge in [0.1, 0.15) is 11.5 Å². The molecule has 0 aliphatic rings. The number of carbonyl (C=O) groups is 2. The minimum atomic E-state index is -0.289. The number of amides is 2. The van der Waals surface area contributed by atoms with E-state index in [0.717, 1.165) is 11.1 Å². The van der Waals surface area contributed by atoms with Crippen molar-refractivity contribution in [1.29, 1.82) is 0 Å². The average Bonchev–Trinajstić information content (AvgIpc) is 2.79. The number of hydrazone groups is 1. The van der Waals surface area contributed by atoms with Crippen LogP contribution in [0.1, 0.15) is 21.5 Å². The first kappa shape index (κ1) is 23.0. The summed E-state index contributed by atoms with van der Waals surface area (Å²) < 4.78 is 11.3. The summed E-state index contributed by atoms with van der Waals surface area (Å²) in [6.07, 6.45) is 1.52. The third-order valence-electron chi connectivity index (χ3n) is 4.38. The van der Waals surface area contributed by atoms with Crippen LogP contribution in [0.2, 0.25) is 0 Å². The Morgan fingerprint density at radius 1 is 1.03 bits per heavy atom. The molecule has 7 nitrogen and oxygen atoms in total. The second-order valence-corrected chi connectivity index (χ2v) is 7.67. The fourth-order valence-electron chi connectivity index (χ4n) is 2.66. The van der Waals surface area contributed by atoms with Gasteiger partial charge in [-0.2, -0.15) is 5.10 Å². The zero-order valence-electron chi connectivity index (χ0n) is 17.6. The largest absolute Gasteiger partial charge is 0.497 e. The van der Waals surface area contributed by atoms with Crippen molar-refractivity contribution in [2.45, 2.75) is 6.92 Å². The van der Waals surface area contributed by atoms with Crippen LogP contribution in [0.4, 0.5) is 5.69 Å². The quantitative estimate of drug-likeness (QED) is 0.354. The molecule has 0 spiro atoms. The average molecular weight is 496 g/mol. The van der Waals surface area contributed by atoms with E-state index in [-0.39, 0.29) is 18.4 Å². The lowest BCUT2D eigenvalue weighted by atomic mass is 10.1. The number of nitrogens with one attached hydrogen (secondary N) is 2. The lowest BCUT2D eigenvalue weighted by molar-refractivity contribution is -0.118. The summed E-state index contributed by atoms with van der Waals surface area (Å²) >= 11 is 3.42. The molecule has 0 unspecified atom stereocenters. The summed E-state index contributed by atoms with van der Waals surface area (Å²) in [5.74, 6) is 0.645. The van der Waals surface area contributed by atoms with E-state index < -0.39 is 0 Å². The number of hydrogen-bond acceptors (Lipinski definition) is 5. The molecule has 2 N–H and O–H groups in total. The molecule has 0 saturated carbocycles. The summed E-state index contributed by atoms with van der Waals surface area (Å²) in [4.78, 5) is 24.2. The maximum atomic E-state index is 12.1. The van der Waals surface area contributed by atoms with Gasteiger partial charge in [-0.3, -0.25) is 9.59 Å². The van der Waals surface area contributed by atoms with E-state index in [2.05, 4.69) is 31.8 Å². The zero-order chi connectivity index (χ0) is 22.9. The van der Waals surface area contributed by atoms with Crippen LogP contribution in [0.5, 0.6) is 11.5 Å². The minimum absolute atomic E-state index is 0.148. The van der Waals surface area contributed by atoms with Gasteiger partial charge in [-0.05, 0) is 83.0 Å². The van der Waals surface area contributed by atoms with E-state index in [0.29, 0.717) is 27.2 Å². The molecule has 0 bridgehead atoms. The molecular weight excluding hydrogens is 474 g/mol. The van der Waals surface area contributed by atoms with Crippen molar-refractivity contribution in [2.24, 2.45) is 5.10 Å². The smallest absolute Gasteiger partial charge is 0.271 e. The number of ether oxygens (including phenoxy) is 2. The first-order valence-electron chi connectivity index (χ1n) is 9.71. The molecule has 0 atom stereocenters. The van der Waals surface area contributed by atoms with Crippen LogP contribution in [0.25, 0.3) is 0 Å². The fraction of sp³-hybridized carbons (Fsp3) is 0.125. The molecule has 8 heteroatoms. The molecule has 0 radical (unpaired) electrons. The first-order valence-corrected chi connectivity index (χ1v) is 10.5. The molecule has 3 aromatic rings. The highest BCUT2D eigenvalue weighted by Crippen LogP contribution is 2.25. The highest BCUT2D eigenvalue weighted by atomic mass is 79.9. The maximum absolute atomic E-state index is 12.1. The van der Waals surface area contributed by atoms with E-state index in [9.17, 15) is 9.59 Å². The third-order valence-corrected chi connectivity index (χ3v) is 5.00. The molecule has 0 heterocycles. The number of methoxy groups -OCH3 is 1. The Morgan fingerprint density at radius 2 is 1.75 bits per heavy atom. The van der Waals surface area contributed by atoms with E-state index in [4.69, 9.17) is 9.47 Å². The van der Waals surface area contributed by atoms with Crippen LogP contribution in [0.15, 0.2) is 76.3 Å². The molecule has 0 aliphatic heterocycles. The summed E-state index contributed by atoms with van der Waals surface area (Å²) in [6, 6.07) is 19.5. The van der Waals surface area contributed by atoms with Crippen molar-refractivity contribution in [1.82, 2.24) is 5.43 Å². The molecule has 0 aromatic heterocycles. The number of benzene rings is 3. The van der Waals surface area contributed by atoms with Crippen LogP contribution < -0.4 is 20.2 Å². The number of aryl methyl sites for hydroxylation is 1. The Bertz CT molecular complexity index is 1110. The Kier molecular flexibility index (Phi) is 7.99. The van der Waals surface area contributed by atoms with Gasteiger partial charge in [0.05, 0.1) is 17.8 Å². The van der Waals surface area contributed by atoms with E-state index in [1.54, 1.807) is 61.7 Å². The number of hydrogen-bond donors (Lipinski definition) is 2. The van der Waals surface area contributed by atoms with Gasteiger partial charge in [-0.15, -0.1) is 0 Å². The van der Waals surface area contributed by atoms with E-state index >= 15 is 0 Å². The van der Waals surface area contributed by atoms with Gasteiger partial charge in [0.2, 0.25) is 0 Å². The first-order chi connectivity index (χ1) is 15.4. The van der Waals surface area contributed by atoms with Gasteiger partial charge in [-0.1, -0.05) is 17.7 Å². The summed E-state index contributed by atoms with van der Waals surface area (Å²) in [5, 5.41) is 6.74. The van der Waals surface area contributed by atoms with Crippen LogP contribution in [-0.4, -0.2) is 31.7 Å². The molecule has 0 aliphatic carbocycles. The number of rotatable bonds is 8. The number of anilines is 1. The van der Waals surface area contributed by atoms with Crippen molar-refractivity contribution < 1.29 is 19.1 Å². The zero-order valence-corrected chi connectivity index (χ0v) is 19.2. The maximum Gasteiger partial charge on any atom is 0.271 e. The standard InChI is InChI=1S/C24H22BrN3O4/c1-16-3-6-18(7-4-16)24(30)28-26-14-17-5-12-22(21(25)13-17)32-15-23(29)27-19-8-10-20(31-2)11-9-19/h3-14H,15H2,1-2H3,(H,27,29)(H,28,30)/b26-14+. The SMILES string of the molecule is COc1ccc(NC(=O)COc2ccc(/C=N/NC(=O)c3ccc(C)cc3)cc2Br)cc1. The number of halogens is 1. The number of carbonyl (C=O) groups excluding carboxylic acids is 2. The van der Waals surface area contributed by atoms with Crippen LogP contribution in [0.3, 0.4) is 0 Å². The monoisotopic (exact) mass is 495 g/mol. The van der Waals surface area contributed by atoms with Crippen molar-refractivity contribution in [3.8, 4) is 11.5 Å². The molecule has 0 saturated heterocycles. The Morgan fingerprint density at radius 3 is 2.41 bits per heavy atom. The van der Waals surface area contributed by atoms with Crippen LogP contribution >= 0.6 is 15.9 Å². The van der Waals surface area contributed by atoms with Crippen LogP contribution in [-0.2, 0) is 4.79 Å². The molecular formula is C24H22BrN3O4. The van der Waals surface area contributed by atoms with Crippen molar-refractivity contribution in [3.63, 3.8) is 0 Å². The summed E-state index contributed by atoms with van der Waals surface area (Å²) in [7, 11) is 1.58. The van der Waals surface area contributed by atoms with Gasteiger partial charge in [-0.25, -0.2) is 5.43 Å². The molecule has 3 aromatic carbocycles. The molecule has 2 amide bonds. The van der Waals surface area contributed by atoms with Gasteiger partial charge >= 0.3 is 0 Å². The molecule has 3 rings (SSSR count). The minimum Gasteiger partial charge on any atom is -0.497 e. The Balaban J connectivity index is 1.50. The van der Waals surface area contributed by atoms with Gasteiger partial charge < -0.3 is 14.8 Å². The lowest BCUT2D eigenvalue weighted by Gasteiger charge is -2.10. The summed E-state index contributed by atoms with van der Waals surface area (Å²) in [5.41, 5.74) is 5.50. The van der Waals surface area contributed by atoms with Crippen molar-refractivity contribution >= 4 is 39.6 Å². The second kappa shape index (κ2) is 11.1. The Hall–Kier alpha value is -3.65. The predicted molar refractivity (Wildman–Crippen MR) is 127 cm³/mol. The Labute approximate surface area is 194 Å². The predicted octanol–water partition coefficient (Wildman–Crippen LogP) is 4.55. The van der Waals surface area contributed by atoms with Crippen LogP contribution in [0, 0.1) is 6.92 Å². The normalized spacial score (nSPS) is 10.6. The second-order valence-electron chi connectivity index (χ2n) is 6.82. The van der Waals surface area contributed by atoms with Crippen molar-refractivity contribution in [2.75, 3.05) is 19.0 Å².